The van der Waals surface area contributed by atoms with Gasteiger partial charge in [0.2, 0.25) is 11.8 Å². The molecule has 1 aliphatic heterocycles. The highest BCUT2D eigenvalue weighted by atomic mass is 16.6. The zero-order chi connectivity index (χ0) is 37.5. The molecule has 1 unspecified atom stereocenters. The Morgan fingerprint density at radius 3 is 2.04 bits per heavy atom. The van der Waals surface area contributed by atoms with Gasteiger partial charge in [0.1, 0.15) is 31.3 Å². The molecule has 1 heterocycles. The Kier molecular flexibility index (Phi) is 16.1. The minimum Gasteiger partial charge on any atom is -0.481 e. The van der Waals surface area contributed by atoms with Gasteiger partial charge in [-0.3, -0.25) is 34.2 Å². The number of epoxide rings is 1. The third-order valence-electron chi connectivity index (χ3n) is 6.93. The predicted molar refractivity (Wildman–Crippen MR) is 168 cm³/mol. The zero-order valence-electron chi connectivity index (χ0n) is 28.0. The van der Waals surface area contributed by atoms with Crippen molar-refractivity contribution in [1.29, 1.82) is 0 Å². The molecule has 0 spiro atoms. The van der Waals surface area contributed by atoms with Crippen LogP contribution in [0.5, 0.6) is 0 Å². The quantitative estimate of drug-likeness (QED) is 0.0506. The number of amides is 5. The van der Waals surface area contributed by atoms with Crippen LogP contribution in [0.15, 0.2) is 30.3 Å². The molecule has 0 radical (unpaired) electrons. The van der Waals surface area contributed by atoms with Gasteiger partial charge >= 0.3 is 24.0 Å². The minimum absolute atomic E-state index is 0.0188. The van der Waals surface area contributed by atoms with E-state index in [0.717, 1.165) is 6.92 Å². The van der Waals surface area contributed by atoms with Crippen LogP contribution in [0.3, 0.4) is 0 Å². The molecule has 0 aliphatic carbocycles. The molecule has 50 heavy (non-hydrogen) atoms. The zero-order valence-corrected chi connectivity index (χ0v) is 28.0. The molecule has 0 saturated carbocycles. The maximum atomic E-state index is 13.4. The fraction of sp³-hybridized carbons (Fsp3) is 0.548. The number of nitrogens with zero attached hydrogens (tertiary/aromatic N) is 1. The van der Waals surface area contributed by atoms with E-state index < -0.39 is 103 Å². The number of carboxylic acid groups (broad SMARTS) is 2. The number of ether oxygens (including phenoxy) is 3. The lowest BCUT2D eigenvalue weighted by atomic mass is 10.0. The first-order valence-corrected chi connectivity index (χ1v) is 15.7. The molecular weight excluding hydrogens is 666 g/mol. The summed E-state index contributed by atoms with van der Waals surface area (Å²) in [6, 6.07) is 4.02. The van der Waals surface area contributed by atoms with Crippen molar-refractivity contribution < 1.29 is 67.9 Å². The number of carbonyl (C=O) groups is 8. The number of rotatable bonds is 19. The van der Waals surface area contributed by atoms with Crippen molar-refractivity contribution >= 4 is 47.6 Å². The average molecular weight is 710 g/mol. The van der Waals surface area contributed by atoms with E-state index in [0.29, 0.717) is 10.6 Å². The van der Waals surface area contributed by atoms with Crippen LogP contribution in [-0.2, 0) is 54.4 Å². The number of hydrogen-bond donors (Lipinski definition) is 7. The van der Waals surface area contributed by atoms with Crippen molar-refractivity contribution in [3.63, 3.8) is 0 Å². The van der Waals surface area contributed by atoms with Gasteiger partial charge in [-0.15, -0.1) is 0 Å². The second-order valence-corrected chi connectivity index (χ2v) is 11.6. The van der Waals surface area contributed by atoms with E-state index in [1.807, 2.05) is 5.43 Å². The Bertz CT molecular complexity index is 1390. The monoisotopic (exact) mass is 709 g/mol. The van der Waals surface area contributed by atoms with Gasteiger partial charge in [-0.25, -0.2) is 14.6 Å². The highest BCUT2D eigenvalue weighted by Gasteiger charge is 2.53. The number of alkyl carbamates (subject to hydrolysis) is 1. The molecule has 1 aromatic rings. The number of aliphatic hydroxyl groups is 1. The van der Waals surface area contributed by atoms with Crippen LogP contribution >= 0.6 is 0 Å². The van der Waals surface area contributed by atoms with Gasteiger partial charge in [0.05, 0.1) is 12.7 Å². The van der Waals surface area contributed by atoms with E-state index in [9.17, 15) is 53.7 Å². The van der Waals surface area contributed by atoms with Crippen molar-refractivity contribution in [1.82, 2.24) is 26.4 Å². The van der Waals surface area contributed by atoms with Gasteiger partial charge < -0.3 is 45.5 Å². The summed E-state index contributed by atoms with van der Waals surface area (Å²) in [5, 5.41) is 36.2. The normalized spacial score (nSPS) is 17.2. The van der Waals surface area contributed by atoms with Crippen LogP contribution in [0.25, 0.3) is 0 Å². The number of esters is 1. The third kappa shape index (κ3) is 13.7. The summed E-state index contributed by atoms with van der Waals surface area (Å²) >= 11 is 0. The van der Waals surface area contributed by atoms with Crippen molar-refractivity contribution in [2.24, 2.45) is 5.92 Å². The van der Waals surface area contributed by atoms with Crippen molar-refractivity contribution in [3.8, 4) is 0 Å². The first-order chi connectivity index (χ1) is 23.5. The topological polar surface area (TPSA) is 280 Å². The Balaban J connectivity index is 2.18. The minimum atomic E-state index is -1.87. The Hall–Kier alpha value is -5.30. The maximum Gasteiger partial charge on any atom is 0.408 e. The van der Waals surface area contributed by atoms with Crippen LogP contribution in [0.2, 0.25) is 0 Å². The molecule has 1 fully saturated rings. The van der Waals surface area contributed by atoms with Crippen molar-refractivity contribution in [3.05, 3.63) is 35.9 Å². The average Bonchev–Trinajstić information content (AvgIpc) is 3.84. The van der Waals surface area contributed by atoms with E-state index in [-0.39, 0.29) is 25.6 Å². The molecule has 1 aliphatic rings. The summed E-state index contributed by atoms with van der Waals surface area (Å²) in [5.74, 6) is -8.33. The summed E-state index contributed by atoms with van der Waals surface area (Å²) in [6.45, 7) is 4.92. The van der Waals surface area contributed by atoms with Crippen molar-refractivity contribution in [2.45, 2.75) is 90.0 Å². The SMILES string of the molecule is CCOC(=O)[C@@H]1O[C@H]1C(=O)N(CC(=O)O)NC(=O)[C@@H](NC(=O)C(CCC(=O)O)NC(=O)[C@H](CC(C)C)NC(=O)OCc1ccccc1)[C@@H](C)O. The lowest BCUT2D eigenvalue weighted by Gasteiger charge is -2.28. The number of nitrogens with one attached hydrogen (secondary N) is 4. The number of benzene rings is 1. The Morgan fingerprint density at radius 1 is 0.840 bits per heavy atom. The fourth-order valence-electron chi connectivity index (χ4n) is 4.45. The summed E-state index contributed by atoms with van der Waals surface area (Å²) < 4.78 is 14.9. The second kappa shape index (κ2) is 19.6. The Morgan fingerprint density at radius 2 is 1.48 bits per heavy atom. The van der Waals surface area contributed by atoms with E-state index >= 15 is 0 Å². The highest BCUT2D eigenvalue weighted by Crippen LogP contribution is 2.25. The third-order valence-corrected chi connectivity index (χ3v) is 6.93. The smallest absolute Gasteiger partial charge is 0.408 e. The van der Waals surface area contributed by atoms with Crippen molar-refractivity contribution in [2.75, 3.05) is 13.2 Å². The molecule has 0 aromatic heterocycles. The summed E-state index contributed by atoms with van der Waals surface area (Å²) in [6.07, 6.45) is -6.41. The van der Waals surface area contributed by atoms with E-state index in [1.54, 1.807) is 44.2 Å². The lowest BCUT2D eigenvalue weighted by molar-refractivity contribution is -0.152. The molecule has 276 valence electrons. The van der Waals surface area contributed by atoms with E-state index in [1.165, 1.54) is 6.92 Å². The largest absolute Gasteiger partial charge is 0.481 e. The molecular formula is C31H43N5O14. The van der Waals surface area contributed by atoms with Gasteiger partial charge in [-0.05, 0) is 38.2 Å². The molecule has 7 N–H and O–H groups in total. The molecule has 19 nitrogen and oxygen atoms in total. The van der Waals surface area contributed by atoms with Gasteiger partial charge in [0.15, 0.2) is 12.2 Å². The van der Waals surface area contributed by atoms with Gasteiger partial charge in [-0.2, -0.15) is 0 Å². The number of carbonyl (C=O) groups excluding carboxylic acids is 6. The standard InChI is InChI=1S/C31H43N5O14/c1-5-48-30(46)25-24(50-25)29(45)36(14-22(40)41)35-28(44)23(17(4)37)34-26(42)19(11-12-21(38)39)32-27(43)20(13-16(2)3)33-31(47)49-15-18-9-7-6-8-10-18/h6-10,16-17,19-20,23-25,37H,5,11-15H2,1-4H3,(H,32,43)(H,33,47)(H,34,42)(H,35,44)(H,38,39)(H,40,41)/t17-,19?,20+,23+,24-,25-/m1/s1. The maximum absolute atomic E-state index is 13.4. The Labute approximate surface area is 286 Å². The summed E-state index contributed by atoms with van der Waals surface area (Å²) in [5.41, 5.74) is 2.66. The van der Waals surface area contributed by atoms with Crippen LogP contribution in [0.1, 0.15) is 52.5 Å². The van der Waals surface area contributed by atoms with Crippen LogP contribution < -0.4 is 21.4 Å². The number of aliphatic carboxylic acids is 2. The first kappa shape index (κ1) is 40.9. The molecule has 5 amide bonds. The number of hydrazine groups is 1. The highest BCUT2D eigenvalue weighted by molar-refractivity contribution is 5.97. The van der Waals surface area contributed by atoms with Crippen LogP contribution in [-0.4, -0.2) is 118 Å². The lowest BCUT2D eigenvalue weighted by Crippen LogP contribution is -2.61. The molecule has 0 bridgehead atoms. The van der Waals surface area contributed by atoms with E-state index in [2.05, 4.69) is 16.0 Å². The second-order valence-electron chi connectivity index (χ2n) is 11.6. The summed E-state index contributed by atoms with van der Waals surface area (Å²) in [7, 11) is 0. The number of hydrogen-bond acceptors (Lipinski definition) is 12. The molecule has 1 aromatic carbocycles. The number of aliphatic hydroxyl groups excluding tert-OH is 1. The first-order valence-electron chi connectivity index (χ1n) is 15.7. The predicted octanol–water partition coefficient (Wildman–Crippen LogP) is -1.18. The van der Waals surface area contributed by atoms with E-state index in [4.69, 9.17) is 14.2 Å². The molecule has 6 atom stereocenters. The summed E-state index contributed by atoms with van der Waals surface area (Å²) in [4.78, 5) is 99.9. The molecule has 19 heteroatoms. The van der Waals surface area contributed by atoms with Gasteiger partial charge in [-0.1, -0.05) is 44.2 Å². The molecule has 1 saturated heterocycles. The fourth-order valence-corrected chi connectivity index (χ4v) is 4.45. The van der Waals surface area contributed by atoms with Crippen LogP contribution in [0, 0.1) is 5.92 Å². The molecule has 2 rings (SSSR count). The van der Waals surface area contributed by atoms with Crippen LogP contribution in [0.4, 0.5) is 4.79 Å². The number of carboxylic acids is 2. The van der Waals surface area contributed by atoms with Gasteiger partial charge in [0.25, 0.3) is 11.8 Å². The van der Waals surface area contributed by atoms with Gasteiger partial charge in [0, 0.05) is 6.42 Å².